The highest BCUT2D eigenvalue weighted by molar-refractivity contribution is 5.93. The van der Waals surface area contributed by atoms with E-state index < -0.39 is 0 Å². The Morgan fingerprint density at radius 2 is 1.90 bits per heavy atom. The summed E-state index contributed by atoms with van der Waals surface area (Å²) in [4.78, 5) is 11.1. The highest BCUT2D eigenvalue weighted by atomic mass is 15.3. The van der Waals surface area contributed by atoms with E-state index in [1.807, 2.05) is 6.92 Å². The topological polar surface area (TPSA) is 78.9 Å². The molecule has 0 atom stereocenters. The second-order valence-corrected chi connectivity index (χ2v) is 6.74. The molecule has 0 unspecified atom stereocenters. The van der Waals surface area contributed by atoms with Crippen LogP contribution in [0.2, 0.25) is 0 Å². The van der Waals surface area contributed by atoms with Crippen molar-refractivity contribution < 1.29 is 0 Å². The Kier molecular flexibility index (Phi) is 3.97. The Morgan fingerprint density at radius 1 is 1.30 bits per heavy atom. The highest BCUT2D eigenvalue weighted by Crippen LogP contribution is 2.34. The molecule has 0 radical (unpaired) electrons. The van der Waals surface area contributed by atoms with Crippen LogP contribution in [0.1, 0.15) is 45.0 Å². The van der Waals surface area contributed by atoms with Gasteiger partial charge in [-0.05, 0) is 37.2 Å². The summed E-state index contributed by atoms with van der Waals surface area (Å²) in [5, 5.41) is 7.53. The standard InChI is InChI=1S/C15H25N5/c1-10-9-12(13(16)17)19-14(18-10)20-7-5-11(6-8-20)15(2,3)4/h9,11H,5-8H2,1-4H3,(H3,16,17). The van der Waals surface area contributed by atoms with Gasteiger partial charge in [0.2, 0.25) is 5.95 Å². The van der Waals surface area contributed by atoms with Crippen LogP contribution in [0.4, 0.5) is 5.95 Å². The first-order valence-corrected chi connectivity index (χ1v) is 7.22. The summed E-state index contributed by atoms with van der Waals surface area (Å²) in [5.74, 6) is 1.46. The van der Waals surface area contributed by atoms with Crippen LogP contribution in [-0.2, 0) is 0 Å². The van der Waals surface area contributed by atoms with Gasteiger partial charge in [-0.25, -0.2) is 9.97 Å². The second kappa shape index (κ2) is 5.38. The molecule has 0 bridgehead atoms. The van der Waals surface area contributed by atoms with E-state index in [1.54, 1.807) is 6.07 Å². The minimum Gasteiger partial charge on any atom is -0.382 e. The van der Waals surface area contributed by atoms with Gasteiger partial charge in [0.05, 0.1) is 0 Å². The summed E-state index contributed by atoms with van der Waals surface area (Å²) in [6.07, 6.45) is 2.33. The number of aromatic nitrogens is 2. The fourth-order valence-corrected chi connectivity index (χ4v) is 2.78. The number of aryl methyl sites for hydroxylation is 1. The van der Waals surface area contributed by atoms with Gasteiger partial charge in [-0.2, -0.15) is 0 Å². The predicted molar refractivity (Wildman–Crippen MR) is 82.2 cm³/mol. The fraction of sp³-hybridized carbons (Fsp3) is 0.667. The van der Waals surface area contributed by atoms with E-state index in [2.05, 4.69) is 35.6 Å². The van der Waals surface area contributed by atoms with Gasteiger partial charge in [-0.3, -0.25) is 5.41 Å². The molecular formula is C15H25N5. The Labute approximate surface area is 121 Å². The van der Waals surface area contributed by atoms with E-state index in [4.69, 9.17) is 11.1 Å². The SMILES string of the molecule is Cc1cc(C(=N)N)nc(N2CCC(C(C)(C)C)CC2)n1. The number of piperidine rings is 1. The van der Waals surface area contributed by atoms with Crippen molar-refractivity contribution in [3.05, 3.63) is 17.5 Å². The summed E-state index contributed by atoms with van der Waals surface area (Å²) >= 11 is 0. The van der Waals surface area contributed by atoms with Crippen molar-refractivity contribution in [3.63, 3.8) is 0 Å². The van der Waals surface area contributed by atoms with E-state index in [-0.39, 0.29) is 5.84 Å². The summed E-state index contributed by atoms with van der Waals surface area (Å²) < 4.78 is 0. The Balaban J connectivity index is 2.13. The van der Waals surface area contributed by atoms with Crippen LogP contribution in [0, 0.1) is 23.7 Å². The van der Waals surface area contributed by atoms with E-state index in [0.717, 1.165) is 37.5 Å². The molecule has 3 N–H and O–H groups in total. The number of nitrogen functional groups attached to an aromatic ring is 1. The first kappa shape index (κ1) is 14.8. The molecule has 2 heterocycles. The lowest BCUT2D eigenvalue weighted by Gasteiger charge is -2.38. The lowest BCUT2D eigenvalue weighted by atomic mass is 9.75. The normalized spacial score (nSPS) is 17.3. The first-order chi connectivity index (χ1) is 9.27. The Hall–Kier alpha value is -1.65. The van der Waals surface area contributed by atoms with Crippen LogP contribution in [0.25, 0.3) is 0 Å². The molecule has 1 aromatic heterocycles. The lowest BCUT2D eigenvalue weighted by Crippen LogP contribution is -2.39. The fourth-order valence-electron chi connectivity index (χ4n) is 2.78. The number of anilines is 1. The molecule has 110 valence electrons. The van der Waals surface area contributed by atoms with Crippen LogP contribution in [0.15, 0.2) is 6.07 Å². The predicted octanol–water partition coefficient (Wildman–Crippen LogP) is 2.33. The van der Waals surface area contributed by atoms with Gasteiger partial charge < -0.3 is 10.6 Å². The maximum Gasteiger partial charge on any atom is 0.226 e. The maximum atomic E-state index is 7.53. The first-order valence-electron chi connectivity index (χ1n) is 7.22. The Bertz CT molecular complexity index is 495. The van der Waals surface area contributed by atoms with Gasteiger partial charge in [0.15, 0.2) is 0 Å². The summed E-state index contributed by atoms with van der Waals surface area (Å²) in [6, 6.07) is 1.76. The number of nitrogens with zero attached hydrogens (tertiary/aromatic N) is 3. The van der Waals surface area contributed by atoms with Crippen molar-refractivity contribution >= 4 is 11.8 Å². The molecule has 1 saturated heterocycles. The zero-order chi connectivity index (χ0) is 14.9. The van der Waals surface area contributed by atoms with Crippen molar-refractivity contribution in [2.24, 2.45) is 17.1 Å². The molecule has 1 aliphatic rings. The minimum atomic E-state index is 0.00123. The third-order valence-corrected chi connectivity index (χ3v) is 4.12. The molecule has 20 heavy (non-hydrogen) atoms. The molecule has 0 aliphatic carbocycles. The third kappa shape index (κ3) is 3.26. The van der Waals surface area contributed by atoms with Gasteiger partial charge >= 0.3 is 0 Å². The maximum absolute atomic E-state index is 7.53. The van der Waals surface area contributed by atoms with Crippen molar-refractivity contribution in [1.29, 1.82) is 5.41 Å². The molecule has 0 spiro atoms. The average Bonchev–Trinajstić information content (AvgIpc) is 2.37. The van der Waals surface area contributed by atoms with Gasteiger partial charge in [0.1, 0.15) is 11.5 Å². The van der Waals surface area contributed by atoms with E-state index in [0.29, 0.717) is 17.1 Å². The number of hydrogen-bond acceptors (Lipinski definition) is 4. The molecule has 0 amide bonds. The van der Waals surface area contributed by atoms with Crippen LogP contribution >= 0.6 is 0 Å². The van der Waals surface area contributed by atoms with Crippen LogP contribution in [0.3, 0.4) is 0 Å². The molecular weight excluding hydrogens is 250 g/mol. The van der Waals surface area contributed by atoms with Crippen molar-refractivity contribution in [3.8, 4) is 0 Å². The second-order valence-electron chi connectivity index (χ2n) is 6.74. The molecule has 0 aromatic carbocycles. The molecule has 5 nitrogen and oxygen atoms in total. The number of nitrogens with one attached hydrogen (secondary N) is 1. The quantitative estimate of drug-likeness (QED) is 0.641. The molecule has 1 aromatic rings. The number of rotatable bonds is 2. The van der Waals surface area contributed by atoms with Crippen LogP contribution < -0.4 is 10.6 Å². The monoisotopic (exact) mass is 275 g/mol. The zero-order valence-corrected chi connectivity index (χ0v) is 12.9. The number of nitrogens with two attached hydrogens (primary N) is 1. The molecule has 2 rings (SSSR count). The summed E-state index contributed by atoms with van der Waals surface area (Å²) in [5.41, 5.74) is 7.28. The summed E-state index contributed by atoms with van der Waals surface area (Å²) in [7, 11) is 0. The average molecular weight is 275 g/mol. The van der Waals surface area contributed by atoms with Gasteiger partial charge in [0.25, 0.3) is 0 Å². The number of hydrogen-bond donors (Lipinski definition) is 2. The molecule has 1 aliphatic heterocycles. The number of amidine groups is 1. The Morgan fingerprint density at radius 3 is 2.40 bits per heavy atom. The van der Waals surface area contributed by atoms with Crippen molar-refractivity contribution in [2.45, 2.75) is 40.5 Å². The van der Waals surface area contributed by atoms with E-state index in [1.165, 1.54) is 0 Å². The highest BCUT2D eigenvalue weighted by Gasteiger charge is 2.29. The van der Waals surface area contributed by atoms with E-state index >= 15 is 0 Å². The van der Waals surface area contributed by atoms with Crippen molar-refractivity contribution in [1.82, 2.24) is 9.97 Å². The van der Waals surface area contributed by atoms with E-state index in [9.17, 15) is 0 Å². The molecule has 5 heteroatoms. The van der Waals surface area contributed by atoms with Crippen LogP contribution in [0.5, 0.6) is 0 Å². The minimum absolute atomic E-state index is 0.00123. The van der Waals surface area contributed by atoms with Gasteiger partial charge in [0, 0.05) is 18.8 Å². The van der Waals surface area contributed by atoms with Crippen LogP contribution in [-0.4, -0.2) is 28.9 Å². The zero-order valence-electron chi connectivity index (χ0n) is 12.9. The molecule has 0 saturated carbocycles. The summed E-state index contributed by atoms with van der Waals surface area (Å²) in [6.45, 7) is 10.8. The van der Waals surface area contributed by atoms with Gasteiger partial charge in [-0.15, -0.1) is 0 Å². The third-order valence-electron chi connectivity index (χ3n) is 4.12. The largest absolute Gasteiger partial charge is 0.382 e. The molecule has 1 fully saturated rings. The van der Waals surface area contributed by atoms with Crippen molar-refractivity contribution in [2.75, 3.05) is 18.0 Å². The van der Waals surface area contributed by atoms with Gasteiger partial charge in [-0.1, -0.05) is 20.8 Å². The lowest BCUT2D eigenvalue weighted by molar-refractivity contribution is 0.198. The smallest absolute Gasteiger partial charge is 0.226 e.